The van der Waals surface area contributed by atoms with E-state index in [4.69, 9.17) is 27.9 Å². The molecule has 3 aromatic rings. The zero-order chi connectivity index (χ0) is 20.1. The summed E-state index contributed by atoms with van der Waals surface area (Å²) in [5, 5.41) is 18.8. The van der Waals surface area contributed by atoms with Crippen molar-refractivity contribution in [1.29, 1.82) is 0 Å². The maximum absolute atomic E-state index is 11.4. The van der Waals surface area contributed by atoms with Gasteiger partial charge in [0.15, 0.2) is 5.75 Å². The van der Waals surface area contributed by atoms with Crippen molar-refractivity contribution in [2.45, 2.75) is 13.5 Å². The number of nitro groups is 1. The Hall–Kier alpha value is -2.68. The fourth-order valence-corrected chi connectivity index (χ4v) is 3.19. The van der Waals surface area contributed by atoms with Gasteiger partial charge in [0.25, 0.3) is 0 Å². The predicted molar refractivity (Wildman–Crippen MR) is 112 cm³/mol. The molecule has 10 heteroatoms. The molecule has 1 heterocycles. The number of ether oxygens (including phenoxy) is 1. The topological polar surface area (TPSA) is 89.7 Å². The van der Waals surface area contributed by atoms with Crippen LogP contribution in [0.15, 0.2) is 46.9 Å². The van der Waals surface area contributed by atoms with E-state index in [0.29, 0.717) is 20.7 Å². The third-order valence-electron chi connectivity index (χ3n) is 3.55. The van der Waals surface area contributed by atoms with Crippen LogP contribution in [0, 0.1) is 17.0 Å². The van der Waals surface area contributed by atoms with Crippen LogP contribution in [0.4, 0.5) is 10.8 Å². The van der Waals surface area contributed by atoms with E-state index >= 15 is 0 Å². The van der Waals surface area contributed by atoms with Crippen LogP contribution >= 0.6 is 34.5 Å². The molecule has 0 fully saturated rings. The molecule has 0 radical (unpaired) electrons. The molecule has 0 saturated heterocycles. The van der Waals surface area contributed by atoms with Gasteiger partial charge >= 0.3 is 5.69 Å². The van der Waals surface area contributed by atoms with Crippen molar-refractivity contribution < 1.29 is 9.66 Å². The molecule has 0 unspecified atom stereocenters. The SMILES string of the molecule is Cc1csc(NN=Cc2ccc(OCc3ccc(Cl)c(Cl)c3)c([N+](=O)[O-])c2)n1. The first-order valence-corrected chi connectivity index (χ1v) is 9.62. The molecule has 7 nitrogen and oxygen atoms in total. The van der Waals surface area contributed by atoms with Crippen molar-refractivity contribution in [2.75, 3.05) is 5.43 Å². The van der Waals surface area contributed by atoms with E-state index in [1.165, 1.54) is 29.7 Å². The number of nitro benzene ring substituents is 1. The van der Waals surface area contributed by atoms with Crippen molar-refractivity contribution in [3.63, 3.8) is 0 Å². The molecule has 0 aliphatic heterocycles. The van der Waals surface area contributed by atoms with Crippen LogP contribution in [0.1, 0.15) is 16.8 Å². The van der Waals surface area contributed by atoms with Crippen LogP contribution in [0.25, 0.3) is 0 Å². The van der Waals surface area contributed by atoms with Crippen molar-refractivity contribution in [3.8, 4) is 5.75 Å². The van der Waals surface area contributed by atoms with Gasteiger partial charge in [-0.15, -0.1) is 11.3 Å². The van der Waals surface area contributed by atoms with Gasteiger partial charge in [-0.2, -0.15) is 5.10 Å². The Morgan fingerprint density at radius 2 is 2.11 bits per heavy atom. The van der Waals surface area contributed by atoms with E-state index < -0.39 is 4.92 Å². The number of nitrogens with one attached hydrogen (secondary N) is 1. The lowest BCUT2D eigenvalue weighted by Gasteiger charge is -2.08. The predicted octanol–water partition coefficient (Wildman–Crippen LogP) is 5.69. The van der Waals surface area contributed by atoms with E-state index in [9.17, 15) is 10.1 Å². The van der Waals surface area contributed by atoms with E-state index in [0.717, 1.165) is 11.3 Å². The Bertz CT molecular complexity index is 1040. The second-order valence-corrected chi connectivity index (χ2v) is 7.36. The first kappa shape index (κ1) is 20.1. The first-order chi connectivity index (χ1) is 13.4. The first-order valence-electron chi connectivity index (χ1n) is 7.99. The molecule has 0 atom stereocenters. The van der Waals surface area contributed by atoms with E-state index in [2.05, 4.69) is 15.5 Å². The van der Waals surface area contributed by atoms with E-state index in [1.54, 1.807) is 24.3 Å². The van der Waals surface area contributed by atoms with Crippen LogP contribution < -0.4 is 10.2 Å². The molecule has 3 rings (SSSR count). The molecule has 0 aliphatic carbocycles. The number of halogens is 2. The Kier molecular flexibility index (Phi) is 6.45. The summed E-state index contributed by atoms with van der Waals surface area (Å²) in [7, 11) is 0. The molecule has 144 valence electrons. The molecule has 1 N–H and O–H groups in total. The van der Waals surface area contributed by atoms with Crippen LogP contribution in [0.2, 0.25) is 10.0 Å². The Labute approximate surface area is 174 Å². The van der Waals surface area contributed by atoms with Gasteiger partial charge in [-0.3, -0.25) is 15.5 Å². The van der Waals surface area contributed by atoms with E-state index in [-0.39, 0.29) is 18.0 Å². The summed E-state index contributed by atoms with van der Waals surface area (Å²) in [5.74, 6) is 0.150. The third kappa shape index (κ3) is 5.19. The van der Waals surface area contributed by atoms with Crippen molar-refractivity contribution in [3.05, 3.63) is 78.8 Å². The van der Waals surface area contributed by atoms with Gasteiger partial charge < -0.3 is 4.74 Å². The molecule has 0 saturated carbocycles. The summed E-state index contributed by atoms with van der Waals surface area (Å²) in [6.45, 7) is 2.00. The lowest BCUT2D eigenvalue weighted by Crippen LogP contribution is -2.00. The highest BCUT2D eigenvalue weighted by molar-refractivity contribution is 7.13. The monoisotopic (exact) mass is 436 g/mol. The molecule has 0 aliphatic rings. The summed E-state index contributed by atoms with van der Waals surface area (Å²) < 4.78 is 5.60. The normalized spacial score (nSPS) is 11.0. The van der Waals surface area contributed by atoms with Gasteiger partial charge in [0, 0.05) is 17.0 Å². The van der Waals surface area contributed by atoms with Crippen LogP contribution in [-0.4, -0.2) is 16.1 Å². The smallest absolute Gasteiger partial charge is 0.311 e. The van der Waals surface area contributed by atoms with Crippen LogP contribution in [-0.2, 0) is 6.61 Å². The van der Waals surface area contributed by atoms with Gasteiger partial charge in [0.1, 0.15) is 6.61 Å². The lowest BCUT2D eigenvalue weighted by molar-refractivity contribution is -0.385. The number of nitrogens with zero attached hydrogens (tertiary/aromatic N) is 3. The highest BCUT2D eigenvalue weighted by Crippen LogP contribution is 2.29. The third-order valence-corrected chi connectivity index (χ3v) is 5.15. The number of aromatic nitrogens is 1. The fraction of sp³-hybridized carbons (Fsp3) is 0.111. The van der Waals surface area contributed by atoms with Gasteiger partial charge in [-0.05, 0) is 36.8 Å². The Balaban J connectivity index is 1.71. The summed E-state index contributed by atoms with van der Waals surface area (Å²) in [6.07, 6.45) is 1.48. The maximum atomic E-state index is 11.4. The minimum Gasteiger partial charge on any atom is -0.482 e. The number of thiazole rings is 1. The summed E-state index contributed by atoms with van der Waals surface area (Å²) in [6, 6.07) is 9.64. The largest absolute Gasteiger partial charge is 0.482 e. The molecule has 28 heavy (non-hydrogen) atoms. The van der Waals surface area contributed by atoms with Gasteiger partial charge in [0.05, 0.1) is 26.9 Å². The quantitative estimate of drug-likeness (QED) is 0.291. The minimum absolute atomic E-state index is 0.121. The zero-order valence-electron chi connectivity index (χ0n) is 14.6. The zero-order valence-corrected chi connectivity index (χ0v) is 16.9. The average molecular weight is 437 g/mol. The maximum Gasteiger partial charge on any atom is 0.311 e. The lowest BCUT2D eigenvalue weighted by atomic mass is 10.2. The number of benzene rings is 2. The highest BCUT2D eigenvalue weighted by Gasteiger charge is 2.16. The molecule has 2 aromatic carbocycles. The number of hydrogen-bond donors (Lipinski definition) is 1. The second kappa shape index (κ2) is 9.01. The average Bonchev–Trinajstić information content (AvgIpc) is 3.08. The van der Waals surface area contributed by atoms with Gasteiger partial charge in [-0.1, -0.05) is 29.3 Å². The van der Waals surface area contributed by atoms with E-state index in [1.807, 2.05) is 12.3 Å². The molecule has 0 bridgehead atoms. The molecular weight excluding hydrogens is 423 g/mol. The Morgan fingerprint density at radius 1 is 1.29 bits per heavy atom. The van der Waals surface area contributed by atoms with Crippen molar-refractivity contribution in [2.24, 2.45) is 5.10 Å². The van der Waals surface area contributed by atoms with Crippen molar-refractivity contribution >= 4 is 51.6 Å². The van der Waals surface area contributed by atoms with Crippen LogP contribution in [0.3, 0.4) is 0 Å². The fourth-order valence-electron chi connectivity index (χ4n) is 2.24. The number of anilines is 1. The second-order valence-electron chi connectivity index (χ2n) is 5.69. The number of hydrazone groups is 1. The molecule has 0 spiro atoms. The summed E-state index contributed by atoms with van der Waals surface area (Å²) in [5.41, 5.74) is 4.82. The van der Waals surface area contributed by atoms with Crippen molar-refractivity contribution in [1.82, 2.24) is 4.98 Å². The molecule has 1 aromatic heterocycles. The van der Waals surface area contributed by atoms with Crippen LogP contribution in [0.5, 0.6) is 5.75 Å². The Morgan fingerprint density at radius 3 is 2.79 bits per heavy atom. The van der Waals surface area contributed by atoms with Gasteiger partial charge in [0.2, 0.25) is 5.13 Å². The standard InChI is InChI=1S/C18H14Cl2N4O3S/c1-11-10-28-18(22-11)23-21-8-12-3-5-17(16(7-12)24(25)26)27-9-13-2-4-14(19)15(20)6-13/h2-8,10H,9H2,1H3,(H,22,23). The molecular formula is C18H14Cl2N4O3S. The highest BCUT2D eigenvalue weighted by atomic mass is 35.5. The number of aryl methyl sites for hydroxylation is 1. The molecule has 0 amide bonds. The summed E-state index contributed by atoms with van der Waals surface area (Å²) in [4.78, 5) is 15.1. The minimum atomic E-state index is -0.501. The van der Waals surface area contributed by atoms with Gasteiger partial charge in [-0.25, -0.2) is 4.98 Å². The summed E-state index contributed by atoms with van der Waals surface area (Å²) >= 11 is 13.3. The number of rotatable bonds is 7. The number of hydrogen-bond acceptors (Lipinski definition) is 7.